The van der Waals surface area contributed by atoms with Crippen molar-refractivity contribution in [3.63, 3.8) is 0 Å². The van der Waals surface area contributed by atoms with Gasteiger partial charge in [0.2, 0.25) is 10.9 Å². The summed E-state index contributed by atoms with van der Waals surface area (Å²) in [5.41, 5.74) is -3.21. The van der Waals surface area contributed by atoms with Gasteiger partial charge in [-0.15, -0.1) is 0 Å². The van der Waals surface area contributed by atoms with Crippen LogP contribution in [0.5, 0.6) is 17.2 Å². The van der Waals surface area contributed by atoms with Crippen LogP contribution in [-0.2, 0) is 0 Å². The third-order valence-electron chi connectivity index (χ3n) is 7.28. The van der Waals surface area contributed by atoms with E-state index in [2.05, 4.69) is 20.6 Å². The summed E-state index contributed by atoms with van der Waals surface area (Å²) in [6.45, 7) is 0. The Morgan fingerprint density at radius 1 is 0.523 bits per heavy atom. The molecule has 5 aromatic carbocycles. The molecule has 0 aliphatic carbocycles. The Labute approximate surface area is 245 Å². The molecule has 0 atom stereocenters. The lowest BCUT2D eigenvalue weighted by Gasteiger charge is -2.14. The van der Waals surface area contributed by atoms with Crippen molar-refractivity contribution in [1.29, 1.82) is 0 Å². The summed E-state index contributed by atoms with van der Waals surface area (Å²) >= 11 is 0. The molecule has 2 aromatic heterocycles. The summed E-state index contributed by atoms with van der Waals surface area (Å²) in [6.07, 6.45) is 0. The lowest BCUT2D eigenvalue weighted by atomic mass is 10.0. The van der Waals surface area contributed by atoms with E-state index in [9.17, 15) is 34.5 Å². The average Bonchev–Trinajstić information content (AvgIpc) is 3.26. The Morgan fingerprint density at radius 2 is 0.932 bits per heavy atom. The number of benzene rings is 5. The van der Waals surface area contributed by atoms with E-state index in [-0.39, 0.29) is 78.5 Å². The van der Waals surface area contributed by atoms with Crippen LogP contribution < -0.4 is 32.6 Å². The van der Waals surface area contributed by atoms with E-state index in [1.54, 1.807) is 42.5 Å². The van der Waals surface area contributed by atoms with E-state index in [0.717, 1.165) is 4.57 Å². The minimum Gasteiger partial charge on any atom is -0.506 e. The van der Waals surface area contributed by atoms with E-state index >= 15 is 0 Å². The summed E-state index contributed by atoms with van der Waals surface area (Å²) in [7, 11) is 0. The van der Waals surface area contributed by atoms with Crippen LogP contribution >= 0.6 is 0 Å². The molecule has 2 heterocycles. The minimum atomic E-state index is -0.768. The van der Waals surface area contributed by atoms with Crippen molar-refractivity contribution in [2.75, 3.05) is 10.6 Å². The number of anilines is 4. The molecule has 214 valence electrons. The highest BCUT2D eigenvalue weighted by atomic mass is 16.3. The van der Waals surface area contributed by atoms with Crippen LogP contribution in [0.4, 0.5) is 23.0 Å². The van der Waals surface area contributed by atoms with Crippen molar-refractivity contribution < 1.29 is 15.3 Å². The van der Waals surface area contributed by atoms with Gasteiger partial charge in [0, 0.05) is 10.8 Å². The summed E-state index contributed by atoms with van der Waals surface area (Å²) in [5.74, 6) is -0.636. The minimum absolute atomic E-state index is 0.0410. The Hall–Kier alpha value is -6.56. The van der Waals surface area contributed by atoms with Crippen LogP contribution in [0.2, 0.25) is 0 Å². The fraction of sp³-hybridized carbons (Fsp3) is 0. The normalized spacial score (nSPS) is 11.4. The first kappa shape index (κ1) is 26.3. The van der Waals surface area contributed by atoms with E-state index in [4.69, 9.17) is 0 Å². The maximum atomic E-state index is 13.8. The number of phenolic OH excluding ortho intramolecular Hbond substituents is 3. The lowest BCUT2D eigenvalue weighted by molar-refractivity contribution is 0.471. The Kier molecular flexibility index (Phi) is 5.85. The number of nitrogens with zero attached hydrogens (tertiary/aromatic N) is 3. The molecule has 0 bridgehead atoms. The second-order valence-electron chi connectivity index (χ2n) is 9.94. The Balaban J connectivity index is 1.51. The number of phenols is 3. The van der Waals surface area contributed by atoms with Crippen LogP contribution in [0.15, 0.2) is 104 Å². The van der Waals surface area contributed by atoms with Gasteiger partial charge in [-0.1, -0.05) is 36.4 Å². The average molecular weight is 586 g/mol. The molecule has 7 rings (SSSR count). The van der Waals surface area contributed by atoms with Crippen LogP contribution in [0.25, 0.3) is 38.3 Å². The molecule has 0 aliphatic rings. The molecule has 44 heavy (non-hydrogen) atoms. The molecule has 0 saturated heterocycles. The monoisotopic (exact) mass is 585 g/mol. The Morgan fingerprint density at radius 3 is 1.36 bits per heavy atom. The van der Waals surface area contributed by atoms with Crippen LogP contribution in [-0.4, -0.2) is 29.9 Å². The number of aromatic nitrogens is 3. The van der Waals surface area contributed by atoms with Gasteiger partial charge in [-0.05, 0) is 48.5 Å². The van der Waals surface area contributed by atoms with E-state index in [1.165, 1.54) is 42.5 Å². The lowest BCUT2D eigenvalue weighted by Crippen LogP contribution is -2.23. The molecule has 0 fully saturated rings. The van der Waals surface area contributed by atoms with Gasteiger partial charge < -0.3 is 26.0 Å². The van der Waals surface area contributed by atoms with Crippen molar-refractivity contribution in [3.05, 3.63) is 126 Å². The number of aromatic hydroxyl groups is 3. The van der Waals surface area contributed by atoms with Crippen molar-refractivity contribution in [1.82, 2.24) is 14.5 Å². The van der Waals surface area contributed by atoms with E-state index in [1.807, 2.05) is 0 Å². The van der Waals surface area contributed by atoms with Crippen molar-refractivity contribution in [2.45, 2.75) is 0 Å². The number of hydrogen-bond donors (Lipinski definition) is 5. The predicted octanol–water partition coefficient (Wildman–Crippen LogP) is 3.65. The van der Waals surface area contributed by atoms with E-state index < -0.39 is 22.0 Å². The molecule has 0 radical (unpaired) electrons. The first-order chi connectivity index (χ1) is 21.2. The van der Waals surface area contributed by atoms with Gasteiger partial charge in [-0.25, -0.2) is 14.5 Å². The third-order valence-corrected chi connectivity index (χ3v) is 7.28. The standard InChI is InChI=1S/C32H19N5O7/c38-22-10-4-1-7-19(22)33-29-30(34-20-8-2-5-11-23(20)39)36-26-25(35-29)27(41)15-13-17-18(14-16(15)28(26)42)32(44)37(31(17)43)21-9-3-6-12-24(21)40/h1-14,38-40H,(H,33,35)(H,34,36). The summed E-state index contributed by atoms with van der Waals surface area (Å²) < 4.78 is 0.784. The van der Waals surface area contributed by atoms with Crippen LogP contribution in [0.1, 0.15) is 0 Å². The third kappa shape index (κ3) is 4.01. The maximum Gasteiger partial charge on any atom is 0.266 e. The molecule has 0 aliphatic heterocycles. The quantitative estimate of drug-likeness (QED) is 0.147. The molecule has 0 spiro atoms. The number of nitrogens with one attached hydrogen (secondary N) is 2. The predicted molar refractivity (Wildman–Crippen MR) is 166 cm³/mol. The highest BCUT2D eigenvalue weighted by Gasteiger charge is 2.23. The van der Waals surface area contributed by atoms with Crippen LogP contribution in [0, 0.1) is 0 Å². The number of fused-ring (bicyclic) bond motifs is 3. The summed E-state index contributed by atoms with van der Waals surface area (Å²) in [5, 5.41) is 36.3. The SMILES string of the molecule is O=c1c2cc3c(=O)n(-c4ccccc4O)c(=O)c3cc2c(=O)c2nc(Nc3ccccc3O)c(Nc3ccccc3O)nc12. The first-order valence-corrected chi connectivity index (χ1v) is 13.2. The zero-order valence-electron chi connectivity index (χ0n) is 22.4. The summed E-state index contributed by atoms with van der Waals surface area (Å²) in [4.78, 5) is 63.1. The summed E-state index contributed by atoms with van der Waals surface area (Å²) in [6, 6.07) is 20.7. The van der Waals surface area contributed by atoms with Gasteiger partial charge in [0.15, 0.2) is 11.6 Å². The smallest absolute Gasteiger partial charge is 0.266 e. The zero-order chi connectivity index (χ0) is 30.7. The van der Waals surface area contributed by atoms with Crippen LogP contribution in [0.3, 0.4) is 0 Å². The molecule has 0 amide bonds. The second kappa shape index (κ2) is 9.77. The second-order valence-corrected chi connectivity index (χ2v) is 9.94. The number of para-hydroxylation sites is 6. The molecular weight excluding hydrogens is 566 g/mol. The van der Waals surface area contributed by atoms with Gasteiger partial charge in [0.05, 0.1) is 27.8 Å². The Bertz CT molecular complexity index is 2380. The van der Waals surface area contributed by atoms with E-state index in [0.29, 0.717) is 0 Å². The van der Waals surface area contributed by atoms with Gasteiger partial charge in [0.25, 0.3) is 11.1 Å². The topological polar surface area (TPSA) is 184 Å². The van der Waals surface area contributed by atoms with Crippen molar-refractivity contribution >= 4 is 55.6 Å². The fourth-order valence-corrected chi connectivity index (χ4v) is 5.13. The fourth-order valence-electron chi connectivity index (χ4n) is 5.13. The number of rotatable bonds is 5. The molecule has 7 aromatic rings. The molecular formula is C32H19N5O7. The van der Waals surface area contributed by atoms with Gasteiger partial charge >= 0.3 is 0 Å². The van der Waals surface area contributed by atoms with Crippen molar-refractivity contribution in [2.24, 2.45) is 0 Å². The van der Waals surface area contributed by atoms with Gasteiger partial charge in [-0.3, -0.25) is 19.2 Å². The maximum absolute atomic E-state index is 13.8. The number of hydrogen-bond acceptors (Lipinski definition) is 11. The molecule has 0 unspecified atom stereocenters. The highest BCUT2D eigenvalue weighted by molar-refractivity contribution is 6.03. The van der Waals surface area contributed by atoms with Gasteiger partial charge in [-0.2, -0.15) is 0 Å². The van der Waals surface area contributed by atoms with Crippen molar-refractivity contribution in [3.8, 4) is 22.9 Å². The molecule has 12 nitrogen and oxygen atoms in total. The largest absolute Gasteiger partial charge is 0.506 e. The first-order valence-electron chi connectivity index (χ1n) is 13.2. The molecule has 0 saturated carbocycles. The molecule has 12 heteroatoms. The molecule has 5 N–H and O–H groups in total. The highest BCUT2D eigenvalue weighted by Crippen LogP contribution is 2.33. The van der Waals surface area contributed by atoms with Gasteiger partial charge in [0.1, 0.15) is 28.3 Å². The zero-order valence-corrected chi connectivity index (χ0v) is 22.4.